The molecular weight excluding hydrogens is 469 g/mol. The van der Waals surface area contributed by atoms with E-state index in [0.717, 1.165) is 43.4 Å². The Labute approximate surface area is 182 Å². The van der Waals surface area contributed by atoms with Crippen molar-refractivity contribution in [2.75, 3.05) is 13.1 Å². The number of benzene rings is 1. The summed E-state index contributed by atoms with van der Waals surface area (Å²) in [5, 5.41) is 9.09. The molecule has 2 aromatic heterocycles. The predicted octanol–water partition coefficient (Wildman–Crippen LogP) is 4.42. The zero-order valence-corrected chi connectivity index (χ0v) is 19.1. The molecule has 0 radical (unpaired) electrons. The molecule has 7 heteroatoms. The van der Waals surface area contributed by atoms with E-state index < -0.39 is 0 Å². The maximum absolute atomic E-state index is 4.65. The minimum absolute atomic E-state index is 0. The minimum Gasteiger partial charge on any atom is -0.357 e. The van der Waals surface area contributed by atoms with Gasteiger partial charge in [0.2, 0.25) is 0 Å². The average Bonchev–Trinajstić information content (AvgIpc) is 3.30. The normalized spacial score (nSPS) is 11.4. The highest BCUT2D eigenvalue weighted by Gasteiger charge is 2.03. The summed E-state index contributed by atoms with van der Waals surface area (Å²) in [6.07, 6.45) is 6.20. The highest BCUT2D eigenvalue weighted by atomic mass is 127. The summed E-state index contributed by atoms with van der Waals surface area (Å²) in [5.41, 5.74) is 1.29. The summed E-state index contributed by atoms with van der Waals surface area (Å²) in [7, 11) is 0. The van der Waals surface area contributed by atoms with Crippen LogP contribution in [0.3, 0.4) is 0 Å². The lowest BCUT2D eigenvalue weighted by Gasteiger charge is -2.11. The Morgan fingerprint density at radius 3 is 2.81 bits per heavy atom. The number of halogens is 1. The molecular formula is C20H28IN5S. The van der Waals surface area contributed by atoms with Crippen LogP contribution in [0.4, 0.5) is 0 Å². The molecule has 1 aromatic carbocycles. The third kappa shape index (κ3) is 6.21. The summed E-state index contributed by atoms with van der Waals surface area (Å²) in [4.78, 5) is 10.4. The first-order chi connectivity index (χ1) is 12.8. The molecule has 0 spiro atoms. The van der Waals surface area contributed by atoms with E-state index in [0.29, 0.717) is 6.54 Å². The van der Waals surface area contributed by atoms with Crippen LogP contribution in [-0.4, -0.2) is 28.6 Å². The highest BCUT2D eigenvalue weighted by Crippen LogP contribution is 2.15. The molecule has 2 N–H and O–H groups in total. The smallest absolute Gasteiger partial charge is 0.191 e. The van der Waals surface area contributed by atoms with Crippen molar-refractivity contribution in [1.29, 1.82) is 0 Å². The molecule has 0 aliphatic carbocycles. The van der Waals surface area contributed by atoms with Crippen molar-refractivity contribution in [1.82, 2.24) is 20.2 Å². The van der Waals surface area contributed by atoms with Gasteiger partial charge in [-0.1, -0.05) is 25.1 Å². The summed E-state index contributed by atoms with van der Waals surface area (Å²) in [6, 6.07) is 10.7. The first kappa shape index (κ1) is 21.7. The van der Waals surface area contributed by atoms with Crippen molar-refractivity contribution >= 4 is 52.2 Å². The summed E-state index contributed by atoms with van der Waals surface area (Å²) < 4.78 is 2.31. The zero-order valence-electron chi connectivity index (χ0n) is 15.9. The number of aryl methyl sites for hydroxylation is 2. The van der Waals surface area contributed by atoms with Crippen LogP contribution in [0.2, 0.25) is 0 Å². The molecule has 3 rings (SSSR count). The summed E-state index contributed by atoms with van der Waals surface area (Å²) in [6.45, 7) is 7.60. The highest BCUT2D eigenvalue weighted by molar-refractivity contribution is 14.0. The Morgan fingerprint density at radius 2 is 2.04 bits per heavy atom. The van der Waals surface area contributed by atoms with Gasteiger partial charge in [-0.15, -0.1) is 35.3 Å². The second-order valence-corrected chi connectivity index (χ2v) is 7.32. The maximum atomic E-state index is 4.65. The van der Waals surface area contributed by atoms with Crippen LogP contribution >= 0.6 is 35.3 Å². The van der Waals surface area contributed by atoms with E-state index >= 15 is 0 Å². The Kier molecular flexibility index (Phi) is 9.06. The summed E-state index contributed by atoms with van der Waals surface area (Å²) >= 11 is 1.74. The molecule has 0 bridgehead atoms. The molecule has 0 aliphatic heterocycles. The zero-order chi connectivity index (χ0) is 18.2. The van der Waals surface area contributed by atoms with E-state index in [2.05, 4.69) is 75.6 Å². The quantitative estimate of drug-likeness (QED) is 0.210. The molecule has 27 heavy (non-hydrogen) atoms. The Bertz CT molecular complexity index is 855. The number of rotatable bonds is 8. The van der Waals surface area contributed by atoms with Crippen LogP contribution in [-0.2, 0) is 19.5 Å². The van der Waals surface area contributed by atoms with Crippen molar-refractivity contribution < 1.29 is 0 Å². The van der Waals surface area contributed by atoms with Crippen molar-refractivity contribution in [2.24, 2.45) is 4.99 Å². The van der Waals surface area contributed by atoms with Gasteiger partial charge in [0, 0.05) is 42.4 Å². The van der Waals surface area contributed by atoms with Gasteiger partial charge in [-0.2, -0.15) is 0 Å². The third-order valence-electron chi connectivity index (χ3n) is 4.22. The number of aliphatic imine (C=N–C) groups is 1. The van der Waals surface area contributed by atoms with E-state index in [4.69, 9.17) is 0 Å². The van der Waals surface area contributed by atoms with E-state index in [9.17, 15) is 0 Å². The van der Waals surface area contributed by atoms with Crippen LogP contribution < -0.4 is 10.6 Å². The number of thiazole rings is 1. The summed E-state index contributed by atoms with van der Waals surface area (Å²) in [5.74, 6) is 0.859. The number of nitrogens with zero attached hydrogens (tertiary/aromatic N) is 3. The topological polar surface area (TPSA) is 54.2 Å². The van der Waals surface area contributed by atoms with Gasteiger partial charge < -0.3 is 15.2 Å². The molecule has 146 valence electrons. The third-order valence-corrected chi connectivity index (χ3v) is 5.34. The number of aromatic nitrogens is 2. The molecule has 0 amide bonds. The van der Waals surface area contributed by atoms with Gasteiger partial charge in [-0.3, -0.25) is 0 Å². The molecule has 0 fully saturated rings. The fourth-order valence-corrected chi connectivity index (χ4v) is 3.65. The van der Waals surface area contributed by atoms with Gasteiger partial charge in [0.25, 0.3) is 0 Å². The van der Waals surface area contributed by atoms with Crippen LogP contribution in [0.5, 0.6) is 0 Å². The fourth-order valence-electron chi connectivity index (χ4n) is 2.86. The van der Waals surface area contributed by atoms with Gasteiger partial charge in [0.15, 0.2) is 5.96 Å². The largest absolute Gasteiger partial charge is 0.357 e. The number of guanidine groups is 1. The van der Waals surface area contributed by atoms with Crippen LogP contribution in [0.1, 0.15) is 30.2 Å². The second kappa shape index (κ2) is 11.3. The van der Waals surface area contributed by atoms with Crippen molar-refractivity contribution in [3.63, 3.8) is 0 Å². The molecule has 0 unspecified atom stereocenters. The van der Waals surface area contributed by atoms with Gasteiger partial charge in [-0.25, -0.2) is 9.98 Å². The molecule has 2 heterocycles. The van der Waals surface area contributed by atoms with Crippen molar-refractivity contribution in [3.05, 3.63) is 52.6 Å². The standard InChI is InChI=1S/C20H27N5S.HI/c1-3-17-14-23-19(26-17)15-24-20(21-4-2)22-11-7-12-25-13-10-16-8-5-6-9-18(16)25;/h5-6,8-10,13-14H,3-4,7,11-12,15H2,1-2H3,(H2,21,22,24);1H. The van der Waals surface area contributed by atoms with Crippen LogP contribution in [0, 0.1) is 0 Å². The van der Waals surface area contributed by atoms with E-state index in [1.807, 2.05) is 6.20 Å². The average molecular weight is 497 g/mol. The maximum Gasteiger partial charge on any atom is 0.191 e. The van der Waals surface area contributed by atoms with Crippen LogP contribution in [0.25, 0.3) is 10.9 Å². The SMILES string of the molecule is CCNC(=NCc1ncc(CC)s1)NCCCn1ccc2ccccc21.I. The van der Waals surface area contributed by atoms with E-state index in [1.165, 1.54) is 15.8 Å². The molecule has 0 saturated heterocycles. The lowest BCUT2D eigenvalue weighted by Crippen LogP contribution is -2.38. The first-order valence-electron chi connectivity index (χ1n) is 9.29. The molecule has 0 aliphatic rings. The monoisotopic (exact) mass is 497 g/mol. The van der Waals surface area contributed by atoms with Gasteiger partial charge in [-0.05, 0) is 37.3 Å². The molecule has 3 aromatic rings. The molecule has 5 nitrogen and oxygen atoms in total. The van der Waals surface area contributed by atoms with Gasteiger partial charge >= 0.3 is 0 Å². The Morgan fingerprint density at radius 1 is 1.19 bits per heavy atom. The van der Waals surface area contributed by atoms with E-state index in [1.54, 1.807) is 11.3 Å². The first-order valence-corrected chi connectivity index (χ1v) is 10.1. The fraction of sp³-hybridized carbons (Fsp3) is 0.400. The molecule has 0 saturated carbocycles. The van der Waals surface area contributed by atoms with Crippen molar-refractivity contribution in [3.8, 4) is 0 Å². The lowest BCUT2D eigenvalue weighted by molar-refractivity contribution is 0.641. The van der Waals surface area contributed by atoms with Crippen molar-refractivity contribution in [2.45, 2.75) is 39.8 Å². The van der Waals surface area contributed by atoms with E-state index in [-0.39, 0.29) is 24.0 Å². The lowest BCUT2D eigenvalue weighted by atomic mass is 10.2. The number of hydrogen-bond acceptors (Lipinski definition) is 3. The predicted molar refractivity (Wildman–Crippen MR) is 126 cm³/mol. The minimum atomic E-state index is 0. The van der Waals surface area contributed by atoms with Gasteiger partial charge in [0.1, 0.15) is 5.01 Å². The Hall–Kier alpha value is -1.61. The van der Waals surface area contributed by atoms with Gasteiger partial charge in [0.05, 0.1) is 6.54 Å². The Balaban J connectivity index is 0.00000261. The number of nitrogens with one attached hydrogen (secondary N) is 2. The number of para-hydroxylation sites is 1. The number of fused-ring (bicyclic) bond motifs is 1. The van der Waals surface area contributed by atoms with Crippen LogP contribution in [0.15, 0.2) is 47.7 Å². The second-order valence-electron chi connectivity index (χ2n) is 6.12. The molecule has 0 atom stereocenters. The number of hydrogen-bond donors (Lipinski definition) is 2.